The van der Waals surface area contributed by atoms with Crippen LogP contribution >= 0.6 is 0 Å². The van der Waals surface area contributed by atoms with Gasteiger partial charge < -0.3 is 4.90 Å². The molecule has 132 valence electrons. The monoisotopic (exact) mass is 348 g/mol. The van der Waals surface area contributed by atoms with Crippen LogP contribution in [-0.2, 0) is 6.18 Å². The highest BCUT2D eigenvalue weighted by Crippen LogP contribution is 2.28. The number of halogens is 3. The Bertz CT molecular complexity index is 703. The van der Waals surface area contributed by atoms with E-state index < -0.39 is 11.7 Å². The highest BCUT2D eigenvalue weighted by atomic mass is 19.4. The third-order valence-corrected chi connectivity index (χ3v) is 4.10. The second-order valence-electron chi connectivity index (χ2n) is 5.94. The van der Waals surface area contributed by atoms with E-state index in [4.69, 9.17) is 0 Å². The van der Waals surface area contributed by atoms with Gasteiger partial charge in [-0.15, -0.1) is 0 Å². The Morgan fingerprint density at radius 3 is 2.32 bits per heavy atom. The van der Waals surface area contributed by atoms with Gasteiger partial charge in [0.15, 0.2) is 0 Å². The third kappa shape index (κ3) is 4.71. The number of nitrogens with zero attached hydrogens (tertiary/aromatic N) is 3. The summed E-state index contributed by atoms with van der Waals surface area (Å²) in [5, 5.41) is 4.01. The summed E-state index contributed by atoms with van der Waals surface area (Å²) in [6, 6.07) is 10.3. The Morgan fingerprint density at radius 1 is 1.00 bits per heavy atom. The van der Waals surface area contributed by atoms with Gasteiger partial charge in [0.2, 0.25) is 0 Å². The maximum absolute atomic E-state index is 12.5. The summed E-state index contributed by atoms with van der Waals surface area (Å²) in [4.78, 5) is 6.07. The average Bonchev–Trinajstić information content (AvgIpc) is 2.63. The van der Waals surface area contributed by atoms with Gasteiger partial charge in [-0.05, 0) is 49.1 Å². The predicted molar refractivity (Wildman–Crippen MR) is 93.0 cm³/mol. The number of piperidine rings is 1. The number of aromatic nitrogens is 1. The fraction of sp³-hybridized carbons (Fsp3) is 0.333. The molecule has 0 atom stereocenters. The van der Waals surface area contributed by atoms with Crippen LogP contribution in [0.25, 0.3) is 0 Å². The highest BCUT2D eigenvalue weighted by Gasteiger charge is 2.30. The van der Waals surface area contributed by atoms with Gasteiger partial charge in [0.05, 0.1) is 11.8 Å². The van der Waals surface area contributed by atoms with Crippen molar-refractivity contribution in [2.45, 2.75) is 25.4 Å². The van der Waals surface area contributed by atoms with Crippen LogP contribution in [0.2, 0.25) is 0 Å². The second kappa shape index (κ2) is 7.55. The fourth-order valence-electron chi connectivity index (χ4n) is 2.72. The predicted octanol–water partition coefficient (Wildman–Crippen LogP) is 4.54. The molecule has 1 aliphatic heterocycles. The lowest BCUT2D eigenvalue weighted by Gasteiger charge is -2.28. The number of rotatable bonds is 4. The zero-order chi connectivity index (χ0) is 17.7. The molecule has 0 aliphatic carbocycles. The smallest absolute Gasteiger partial charge is 0.372 e. The minimum Gasteiger partial charge on any atom is -0.372 e. The second-order valence-corrected chi connectivity index (χ2v) is 5.94. The number of hydrogen-bond donors (Lipinski definition) is 1. The molecule has 1 saturated heterocycles. The molecule has 0 bridgehead atoms. The first-order valence-electron chi connectivity index (χ1n) is 8.20. The van der Waals surface area contributed by atoms with Crippen LogP contribution in [0.4, 0.5) is 24.7 Å². The molecule has 4 nitrogen and oxygen atoms in total. The quantitative estimate of drug-likeness (QED) is 0.652. The molecule has 7 heteroatoms. The van der Waals surface area contributed by atoms with E-state index in [1.807, 2.05) is 12.1 Å². The summed E-state index contributed by atoms with van der Waals surface area (Å²) < 4.78 is 37.4. The van der Waals surface area contributed by atoms with Crippen molar-refractivity contribution in [1.82, 2.24) is 4.98 Å². The minimum absolute atomic E-state index is 0.259. The Kier molecular flexibility index (Phi) is 5.21. The zero-order valence-electron chi connectivity index (χ0n) is 13.6. The molecule has 1 aromatic carbocycles. The summed E-state index contributed by atoms with van der Waals surface area (Å²) in [6.45, 7) is 2.18. The standard InChI is InChI=1S/C18H19F3N4/c19-18(20,21)15-6-9-17(22-13-15)24-23-12-14-4-7-16(8-5-14)25-10-2-1-3-11-25/h4-9,12-13H,1-3,10-11H2,(H,22,24)/b23-12+. The maximum Gasteiger partial charge on any atom is 0.417 e. The molecule has 0 unspecified atom stereocenters. The maximum atomic E-state index is 12.5. The van der Waals surface area contributed by atoms with Crippen molar-refractivity contribution < 1.29 is 13.2 Å². The number of hydrazone groups is 1. The number of pyridine rings is 1. The van der Waals surface area contributed by atoms with Crippen molar-refractivity contribution in [1.29, 1.82) is 0 Å². The first-order valence-corrected chi connectivity index (χ1v) is 8.20. The van der Waals surface area contributed by atoms with E-state index in [9.17, 15) is 13.2 Å². The third-order valence-electron chi connectivity index (χ3n) is 4.10. The molecule has 1 aliphatic rings. The molecule has 2 heterocycles. The molecule has 0 spiro atoms. The number of hydrogen-bond acceptors (Lipinski definition) is 4. The van der Waals surface area contributed by atoms with Crippen molar-refractivity contribution in [3.8, 4) is 0 Å². The molecule has 0 amide bonds. The van der Waals surface area contributed by atoms with Gasteiger partial charge in [-0.25, -0.2) is 4.98 Å². The molecule has 1 N–H and O–H groups in total. The largest absolute Gasteiger partial charge is 0.417 e. The molecule has 0 radical (unpaired) electrons. The van der Waals surface area contributed by atoms with Gasteiger partial charge in [0.25, 0.3) is 0 Å². The van der Waals surface area contributed by atoms with Gasteiger partial charge >= 0.3 is 6.18 Å². The Morgan fingerprint density at radius 2 is 1.72 bits per heavy atom. The number of benzene rings is 1. The van der Waals surface area contributed by atoms with E-state index >= 15 is 0 Å². The van der Waals surface area contributed by atoms with Gasteiger partial charge in [-0.3, -0.25) is 5.43 Å². The SMILES string of the molecule is FC(F)(F)c1ccc(N/N=C/c2ccc(N3CCCCC3)cc2)nc1. The zero-order valence-corrected chi connectivity index (χ0v) is 13.6. The first kappa shape index (κ1) is 17.3. The van der Waals surface area contributed by atoms with Crippen LogP contribution in [0.5, 0.6) is 0 Å². The summed E-state index contributed by atoms with van der Waals surface area (Å²) in [7, 11) is 0. The first-order chi connectivity index (χ1) is 12.0. The molecular formula is C18H19F3N4. The lowest BCUT2D eigenvalue weighted by molar-refractivity contribution is -0.137. The summed E-state index contributed by atoms with van der Waals surface area (Å²) in [5.41, 5.74) is 3.95. The van der Waals surface area contributed by atoms with E-state index in [1.54, 1.807) is 6.21 Å². The highest BCUT2D eigenvalue weighted by molar-refractivity contribution is 5.80. The molecule has 1 fully saturated rings. The van der Waals surface area contributed by atoms with Crippen molar-refractivity contribution in [2.75, 3.05) is 23.4 Å². The van der Waals surface area contributed by atoms with E-state index in [-0.39, 0.29) is 5.82 Å². The van der Waals surface area contributed by atoms with Crippen LogP contribution in [0.3, 0.4) is 0 Å². The minimum atomic E-state index is -4.38. The fourth-order valence-corrected chi connectivity index (χ4v) is 2.72. The molecule has 3 rings (SSSR count). The van der Waals surface area contributed by atoms with Crippen LogP contribution in [-0.4, -0.2) is 24.3 Å². The lowest BCUT2D eigenvalue weighted by atomic mass is 10.1. The van der Waals surface area contributed by atoms with Crippen molar-refractivity contribution >= 4 is 17.7 Å². The summed E-state index contributed by atoms with van der Waals surface area (Å²) >= 11 is 0. The van der Waals surface area contributed by atoms with Gasteiger partial charge in [0, 0.05) is 25.0 Å². The van der Waals surface area contributed by atoms with Crippen molar-refractivity contribution in [3.05, 3.63) is 53.7 Å². The lowest BCUT2D eigenvalue weighted by Crippen LogP contribution is -2.29. The Hall–Kier alpha value is -2.57. The van der Waals surface area contributed by atoms with Crippen LogP contribution < -0.4 is 10.3 Å². The average molecular weight is 348 g/mol. The Balaban J connectivity index is 1.57. The topological polar surface area (TPSA) is 40.5 Å². The molecule has 2 aromatic rings. The van der Waals surface area contributed by atoms with E-state index in [0.717, 1.165) is 30.9 Å². The van der Waals surface area contributed by atoms with Gasteiger partial charge in [-0.1, -0.05) is 12.1 Å². The van der Waals surface area contributed by atoms with E-state index in [1.165, 1.54) is 31.0 Å². The summed E-state index contributed by atoms with van der Waals surface area (Å²) in [6.07, 6.45) is 1.76. The molecular weight excluding hydrogens is 329 g/mol. The normalized spacial score (nSPS) is 15.6. The van der Waals surface area contributed by atoms with Crippen LogP contribution in [0.15, 0.2) is 47.7 Å². The van der Waals surface area contributed by atoms with Crippen molar-refractivity contribution in [3.63, 3.8) is 0 Å². The molecule has 25 heavy (non-hydrogen) atoms. The van der Waals surface area contributed by atoms with Crippen molar-refractivity contribution in [2.24, 2.45) is 5.10 Å². The Labute approximate surface area is 144 Å². The van der Waals surface area contributed by atoms with Gasteiger partial charge in [-0.2, -0.15) is 18.3 Å². The van der Waals surface area contributed by atoms with Crippen LogP contribution in [0.1, 0.15) is 30.4 Å². The van der Waals surface area contributed by atoms with E-state index in [0.29, 0.717) is 0 Å². The van der Waals surface area contributed by atoms with Gasteiger partial charge in [0.1, 0.15) is 5.82 Å². The number of alkyl halides is 3. The molecule has 1 aromatic heterocycles. The van der Waals surface area contributed by atoms with E-state index in [2.05, 4.69) is 32.5 Å². The summed E-state index contributed by atoms with van der Waals surface area (Å²) in [5.74, 6) is 0.259. The molecule has 0 saturated carbocycles. The number of anilines is 2. The number of nitrogens with one attached hydrogen (secondary N) is 1. The van der Waals surface area contributed by atoms with Crippen LogP contribution in [0, 0.1) is 0 Å².